The van der Waals surface area contributed by atoms with E-state index in [0.29, 0.717) is 12.0 Å². The fourth-order valence-electron chi connectivity index (χ4n) is 3.24. The molecule has 98 valence electrons. The molecule has 2 aliphatic rings. The van der Waals surface area contributed by atoms with E-state index < -0.39 is 0 Å². The van der Waals surface area contributed by atoms with E-state index in [1.807, 2.05) is 0 Å². The average molecular weight is 245 g/mol. The van der Waals surface area contributed by atoms with Gasteiger partial charge in [0.25, 0.3) is 0 Å². The molecule has 0 aromatic carbocycles. The quantitative estimate of drug-likeness (QED) is 0.860. The summed E-state index contributed by atoms with van der Waals surface area (Å²) in [6.45, 7) is 0.979. The Hall–Kier alpha value is -1.09. The maximum atomic E-state index is 6.17. The molecule has 0 radical (unpaired) electrons. The van der Waals surface area contributed by atoms with Gasteiger partial charge in [-0.15, -0.1) is 0 Å². The number of fused-ring (bicyclic) bond motifs is 1. The summed E-state index contributed by atoms with van der Waals surface area (Å²) in [7, 11) is 0. The van der Waals surface area contributed by atoms with Gasteiger partial charge in [0.1, 0.15) is 5.82 Å². The molecule has 18 heavy (non-hydrogen) atoms. The summed E-state index contributed by atoms with van der Waals surface area (Å²) in [5, 5.41) is 3.48. The van der Waals surface area contributed by atoms with Gasteiger partial charge in [-0.05, 0) is 49.7 Å². The first-order valence-corrected chi connectivity index (χ1v) is 7.31. The fourth-order valence-corrected chi connectivity index (χ4v) is 3.24. The number of pyridine rings is 1. The number of aromatic nitrogens is 1. The van der Waals surface area contributed by atoms with Crippen molar-refractivity contribution in [2.24, 2.45) is 11.7 Å². The third-order valence-corrected chi connectivity index (χ3v) is 4.44. The molecule has 2 unspecified atom stereocenters. The van der Waals surface area contributed by atoms with Crippen LogP contribution < -0.4 is 11.1 Å². The highest BCUT2D eigenvalue weighted by Gasteiger charge is 2.21. The summed E-state index contributed by atoms with van der Waals surface area (Å²) in [6.07, 6.45) is 8.69. The number of nitrogens with two attached hydrogens (primary N) is 1. The largest absolute Gasteiger partial charge is 0.370 e. The van der Waals surface area contributed by atoms with Crippen LogP contribution >= 0.6 is 0 Å². The highest BCUT2D eigenvalue weighted by molar-refractivity contribution is 5.40. The van der Waals surface area contributed by atoms with Crippen LogP contribution in [-0.4, -0.2) is 17.6 Å². The van der Waals surface area contributed by atoms with Gasteiger partial charge in [-0.1, -0.05) is 18.9 Å². The predicted molar refractivity (Wildman–Crippen MR) is 74.7 cm³/mol. The highest BCUT2D eigenvalue weighted by atomic mass is 15.0. The zero-order valence-corrected chi connectivity index (χ0v) is 11.0. The molecule has 2 atom stereocenters. The summed E-state index contributed by atoms with van der Waals surface area (Å²) in [4.78, 5) is 4.71. The van der Waals surface area contributed by atoms with Crippen LogP contribution in [0.4, 0.5) is 5.82 Å². The van der Waals surface area contributed by atoms with Crippen LogP contribution in [0.25, 0.3) is 0 Å². The molecule has 1 aromatic heterocycles. The summed E-state index contributed by atoms with van der Waals surface area (Å²) in [6, 6.07) is 4.73. The van der Waals surface area contributed by atoms with Crippen molar-refractivity contribution in [2.75, 3.05) is 11.9 Å². The maximum absolute atomic E-state index is 6.17. The zero-order chi connectivity index (χ0) is 12.4. The van der Waals surface area contributed by atoms with Crippen LogP contribution in [0.1, 0.15) is 43.4 Å². The molecule has 0 bridgehead atoms. The van der Waals surface area contributed by atoms with Crippen LogP contribution in [0.15, 0.2) is 12.1 Å². The molecule has 1 aromatic rings. The van der Waals surface area contributed by atoms with Crippen LogP contribution in [0.5, 0.6) is 0 Å². The van der Waals surface area contributed by atoms with E-state index in [9.17, 15) is 0 Å². The van der Waals surface area contributed by atoms with Crippen molar-refractivity contribution in [2.45, 2.75) is 51.0 Å². The normalized spacial score (nSPS) is 26.9. The topological polar surface area (TPSA) is 50.9 Å². The lowest BCUT2D eigenvalue weighted by Gasteiger charge is -2.28. The van der Waals surface area contributed by atoms with E-state index in [2.05, 4.69) is 17.4 Å². The van der Waals surface area contributed by atoms with Crippen molar-refractivity contribution in [3.05, 3.63) is 23.4 Å². The fraction of sp³-hybridized carbons (Fsp3) is 0.667. The van der Waals surface area contributed by atoms with E-state index in [4.69, 9.17) is 10.7 Å². The molecule has 0 spiro atoms. The van der Waals surface area contributed by atoms with Crippen molar-refractivity contribution in [1.82, 2.24) is 4.98 Å². The SMILES string of the molecule is NC1CCCCC1CNc1ccc2c(n1)CCC2. The Morgan fingerprint density at radius 2 is 2.06 bits per heavy atom. The van der Waals surface area contributed by atoms with E-state index in [-0.39, 0.29) is 0 Å². The lowest BCUT2D eigenvalue weighted by Crippen LogP contribution is -2.37. The van der Waals surface area contributed by atoms with E-state index in [1.54, 1.807) is 0 Å². The zero-order valence-electron chi connectivity index (χ0n) is 11.0. The summed E-state index contributed by atoms with van der Waals surface area (Å²) >= 11 is 0. The first-order valence-electron chi connectivity index (χ1n) is 7.31. The molecule has 1 saturated carbocycles. The molecule has 3 nitrogen and oxygen atoms in total. The molecule has 3 rings (SSSR count). The Morgan fingerprint density at radius 1 is 1.17 bits per heavy atom. The minimum atomic E-state index is 0.376. The first-order chi connectivity index (χ1) is 8.83. The number of aryl methyl sites for hydroxylation is 2. The monoisotopic (exact) mass is 245 g/mol. The van der Waals surface area contributed by atoms with Crippen molar-refractivity contribution >= 4 is 5.82 Å². The highest BCUT2D eigenvalue weighted by Crippen LogP contribution is 2.24. The Labute approximate surface area is 109 Å². The molecule has 1 heterocycles. The van der Waals surface area contributed by atoms with Crippen LogP contribution in [0.2, 0.25) is 0 Å². The van der Waals surface area contributed by atoms with Gasteiger partial charge in [0.2, 0.25) is 0 Å². The third kappa shape index (κ3) is 2.51. The van der Waals surface area contributed by atoms with Crippen LogP contribution in [-0.2, 0) is 12.8 Å². The van der Waals surface area contributed by atoms with Crippen LogP contribution in [0.3, 0.4) is 0 Å². The molecular weight excluding hydrogens is 222 g/mol. The van der Waals surface area contributed by atoms with Gasteiger partial charge in [-0.3, -0.25) is 0 Å². The van der Waals surface area contributed by atoms with Gasteiger partial charge < -0.3 is 11.1 Å². The van der Waals surface area contributed by atoms with Gasteiger partial charge >= 0.3 is 0 Å². The average Bonchev–Trinajstić information content (AvgIpc) is 2.85. The minimum Gasteiger partial charge on any atom is -0.370 e. The molecule has 0 aliphatic heterocycles. The predicted octanol–water partition coefficient (Wildman–Crippen LogP) is 2.50. The van der Waals surface area contributed by atoms with E-state index in [1.165, 1.54) is 49.8 Å². The minimum absolute atomic E-state index is 0.376. The maximum Gasteiger partial charge on any atom is 0.126 e. The lowest BCUT2D eigenvalue weighted by atomic mass is 9.85. The Bertz CT molecular complexity index is 416. The number of anilines is 1. The number of nitrogens with zero attached hydrogens (tertiary/aromatic N) is 1. The second kappa shape index (κ2) is 5.27. The number of nitrogens with one attached hydrogen (secondary N) is 1. The molecule has 2 aliphatic carbocycles. The molecular formula is C15H23N3. The van der Waals surface area contributed by atoms with Gasteiger partial charge in [0, 0.05) is 18.3 Å². The number of hydrogen-bond donors (Lipinski definition) is 2. The Kier molecular flexibility index (Phi) is 3.50. The van der Waals surface area contributed by atoms with Gasteiger partial charge in [-0.25, -0.2) is 4.98 Å². The van der Waals surface area contributed by atoms with Gasteiger partial charge in [0.15, 0.2) is 0 Å². The van der Waals surface area contributed by atoms with Crippen molar-refractivity contribution in [3.63, 3.8) is 0 Å². The number of hydrogen-bond acceptors (Lipinski definition) is 3. The second-order valence-electron chi connectivity index (χ2n) is 5.75. The van der Waals surface area contributed by atoms with Crippen LogP contribution in [0, 0.1) is 5.92 Å². The molecule has 0 amide bonds. The van der Waals surface area contributed by atoms with Crippen molar-refractivity contribution in [3.8, 4) is 0 Å². The number of rotatable bonds is 3. The van der Waals surface area contributed by atoms with E-state index in [0.717, 1.165) is 18.8 Å². The molecule has 1 fully saturated rings. The first kappa shape index (κ1) is 12.0. The van der Waals surface area contributed by atoms with Crippen molar-refractivity contribution < 1.29 is 0 Å². The Balaban J connectivity index is 1.59. The van der Waals surface area contributed by atoms with E-state index >= 15 is 0 Å². The molecule has 3 N–H and O–H groups in total. The summed E-state index contributed by atoms with van der Waals surface area (Å²) in [5.74, 6) is 1.65. The molecule has 0 saturated heterocycles. The standard InChI is InChI=1S/C15H23N3/c16-13-6-2-1-4-12(13)10-17-15-9-8-11-5-3-7-14(11)18-15/h8-9,12-13H,1-7,10,16H2,(H,17,18). The third-order valence-electron chi connectivity index (χ3n) is 4.44. The lowest BCUT2D eigenvalue weighted by molar-refractivity contribution is 0.321. The molecule has 3 heteroatoms. The summed E-state index contributed by atoms with van der Waals surface area (Å²) < 4.78 is 0. The van der Waals surface area contributed by atoms with Gasteiger partial charge in [0.05, 0.1) is 0 Å². The summed E-state index contributed by atoms with van der Waals surface area (Å²) in [5.41, 5.74) is 8.91. The van der Waals surface area contributed by atoms with Crippen molar-refractivity contribution in [1.29, 1.82) is 0 Å². The second-order valence-corrected chi connectivity index (χ2v) is 5.75. The van der Waals surface area contributed by atoms with Gasteiger partial charge in [-0.2, -0.15) is 0 Å². The Morgan fingerprint density at radius 3 is 2.94 bits per heavy atom. The smallest absolute Gasteiger partial charge is 0.126 e.